The van der Waals surface area contributed by atoms with Crippen LogP contribution in [0, 0.1) is 22.6 Å². The van der Waals surface area contributed by atoms with Crippen molar-refractivity contribution in [1.82, 2.24) is 10.6 Å². The zero-order chi connectivity index (χ0) is 27.5. The van der Waals surface area contributed by atoms with Gasteiger partial charge in [-0.3, -0.25) is 14.4 Å². The van der Waals surface area contributed by atoms with E-state index in [2.05, 4.69) is 17.6 Å². The first-order valence-electron chi connectivity index (χ1n) is 13.5. The summed E-state index contributed by atoms with van der Waals surface area (Å²) >= 11 is 0. The van der Waals surface area contributed by atoms with Gasteiger partial charge >= 0.3 is 5.97 Å². The summed E-state index contributed by atoms with van der Waals surface area (Å²) in [5, 5.41) is 15.5. The summed E-state index contributed by atoms with van der Waals surface area (Å²) in [6.07, 6.45) is 9.79. The number of carbonyl (C=O) groups is 3. The molecule has 1 aromatic carbocycles. The maximum atomic E-state index is 14.9. The van der Waals surface area contributed by atoms with Crippen LogP contribution in [0.25, 0.3) is 0 Å². The first-order valence-corrected chi connectivity index (χ1v) is 13.5. The van der Waals surface area contributed by atoms with Crippen LogP contribution >= 0.6 is 0 Å². The van der Waals surface area contributed by atoms with E-state index >= 15 is 0 Å². The Morgan fingerprint density at radius 2 is 1.74 bits per heavy atom. The smallest absolute Gasteiger partial charge is 0.309 e. The van der Waals surface area contributed by atoms with E-state index in [1.54, 1.807) is 6.92 Å². The van der Waals surface area contributed by atoms with E-state index in [-0.39, 0.29) is 34.5 Å². The van der Waals surface area contributed by atoms with Crippen molar-refractivity contribution in [3.63, 3.8) is 0 Å². The van der Waals surface area contributed by atoms with E-state index in [1.807, 2.05) is 12.2 Å². The fraction of sp³-hybridized carbons (Fsp3) is 0.621. The minimum Gasteiger partial charge on any atom is -0.496 e. The highest BCUT2D eigenvalue weighted by Crippen LogP contribution is 2.40. The maximum Gasteiger partial charge on any atom is 0.309 e. The molecule has 0 aromatic heterocycles. The molecule has 0 bridgehead atoms. The third kappa shape index (κ3) is 6.13. The van der Waals surface area contributed by atoms with Crippen LogP contribution in [0.15, 0.2) is 24.3 Å². The Bertz CT molecular complexity index is 1090. The maximum absolute atomic E-state index is 14.9. The number of benzene rings is 1. The molecule has 1 aromatic rings. The lowest BCUT2D eigenvalue weighted by atomic mass is 9.70. The van der Waals surface area contributed by atoms with E-state index in [0.717, 1.165) is 18.9 Å². The van der Waals surface area contributed by atoms with Gasteiger partial charge in [0.25, 0.3) is 5.91 Å². The summed E-state index contributed by atoms with van der Waals surface area (Å²) in [5.41, 5.74) is -0.539. The van der Waals surface area contributed by atoms with Crippen molar-refractivity contribution in [3.8, 4) is 11.5 Å². The van der Waals surface area contributed by atoms with Crippen LogP contribution in [0.2, 0.25) is 0 Å². The summed E-state index contributed by atoms with van der Waals surface area (Å²) < 4.78 is 26.1. The first-order chi connectivity index (χ1) is 18.0. The summed E-state index contributed by atoms with van der Waals surface area (Å²) in [6.45, 7) is 4.52. The molecule has 0 spiro atoms. The Hall–Kier alpha value is -3.10. The van der Waals surface area contributed by atoms with Crippen LogP contribution in [0.3, 0.4) is 0 Å². The Balaban J connectivity index is 1.44. The molecular weight excluding hydrogens is 491 g/mol. The normalized spacial score (nSPS) is 28.1. The second-order valence-electron chi connectivity index (χ2n) is 11.7. The topological polar surface area (TPSA) is 114 Å². The van der Waals surface area contributed by atoms with Crippen molar-refractivity contribution in [3.05, 3.63) is 35.7 Å². The van der Waals surface area contributed by atoms with Crippen molar-refractivity contribution < 1.29 is 33.4 Å². The number of allylic oxidation sites excluding steroid dienone is 1. The van der Waals surface area contributed by atoms with E-state index in [4.69, 9.17) is 9.47 Å². The lowest BCUT2D eigenvalue weighted by Gasteiger charge is -2.39. The molecule has 2 amide bonds. The molecule has 3 aliphatic carbocycles. The highest BCUT2D eigenvalue weighted by atomic mass is 19.1. The fourth-order valence-corrected chi connectivity index (χ4v) is 5.61. The quantitative estimate of drug-likeness (QED) is 0.402. The molecule has 38 heavy (non-hydrogen) atoms. The van der Waals surface area contributed by atoms with Crippen LogP contribution in [0.4, 0.5) is 4.39 Å². The summed E-state index contributed by atoms with van der Waals surface area (Å²) in [7, 11) is 1.36. The molecule has 0 saturated heterocycles. The molecule has 2 saturated carbocycles. The van der Waals surface area contributed by atoms with E-state index < -0.39 is 35.1 Å². The molecule has 0 radical (unpaired) electrons. The molecule has 2 atom stereocenters. The number of carboxylic acid groups (broad SMARTS) is 1. The number of nitrogens with one attached hydrogen (secondary N) is 2. The number of rotatable bonds is 9. The van der Waals surface area contributed by atoms with Gasteiger partial charge in [-0.2, -0.15) is 0 Å². The monoisotopic (exact) mass is 530 g/mol. The highest BCUT2D eigenvalue weighted by molar-refractivity contribution is 5.98. The Morgan fingerprint density at radius 3 is 2.34 bits per heavy atom. The van der Waals surface area contributed by atoms with E-state index in [0.29, 0.717) is 45.1 Å². The predicted molar refractivity (Wildman–Crippen MR) is 140 cm³/mol. The van der Waals surface area contributed by atoms with Gasteiger partial charge in [0, 0.05) is 18.7 Å². The molecule has 208 valence electrons. The number of ether oxygens (including phenoxy) is 2. The van der Waals surface area contributed by atoms with Gasteiger partial charge in [-0.25, -0.2) is 4.39 Å². The van der Waals surface area contributed by atoms with Gasteiger partial charge in [-0.05, 0) is 69.8 Å². The second-order valence-corrected chi connectivity index (χ2v) is 11.7. The molecule has 0 heterocycles. The number of hydrogen-bond acceptors (Lipinski definition) is 5. The SMILES string of the molecule is COc1cc(F)c(OC2CCC(C)(C(=O)O)CC2)cc1C(=O)N[C@@H]1CC=CC[C@@H]1C(=O)NCC1(C)CCC1. The van der Waals surface area contributed by atoms with Gasteiger partial charge in [-0.15, -0.1) is 0 Å². The number of aliphatic carboxylic acids is 1. The molecule has 8 nitrogen and oxygen atoms in total. The van der Waals surface area contributed by atoms with Gasteiger partial charge in [0.2, 0.25) is 5.91 Å². The second kappa shape index (κ2) is 11.3. The number of carbonyl (C=O) groups excluding carboxylic acids is 2. The van der Waals surface area contributed by atoms with Crippen molar-refractivity contribution in [2.24, 2.45) is 16.7 Å². The predicted octanol–water partition coefficient (Wildman–Crippen LogP) is 4.62. The van der Waals surface area contributed by atoms with Gasteiger partial charge in [0.15, 0.2) is 11.6 Å². The van der Waals surface area contributed by atoms with Crippen molar-refractivity contribution in [2.45, 2.75) is 83.8 Å². The third-order valence-corrected chi connectivity index (χ3v) is 8.68. The Kier molecular flexibility index (Phi) is 8.33. The number of methoxy groups -OCH3 is 1. The van der Waals surface area contributed by atoms with Gasteiger partial charge in [0.1, 0.15) is 5.75 Å². The number of amides is 2. The van der Waals surface area contributed by atoms with Gasteiger partial charge in [0.05, 0.1) is 30.1 Å². The first kappa shape index (κ1) is 27.9. The minimum atomic E-state index is -0.840. The molecule has 3 aliphatic rings. The largest absolute Gasteiger partial charge is 0.496 e. The number of carboxylic acids is 1. The van der Waals surface area contributed by atoms with Gasteiger partial charge < -0.3 is 25.2 Å². The molecular formula is C29H39FN2O6. The zero-order valence-corrected chi connectivity index (χ0v) is 22.5. The van der Waals surface area contributed by atoms with E-state index in [1.165, 1.54) is 19.6 Å². The number of hydrogen-bond donors (Lipinski definition) is 3. The van der Waals surface area contributed by atoms with Crippen LogP contribution < -0.4 is 20.1 Å². The average molecular weight is 531 g/mol. The molecule has 4 rings (SSSR count). The standard InChI is InChI=1S/C29H39FN2O6/c1-28(11-6-12-28)17-31-25(33)19-7-4-5-8-22(19)32-26(34)20-15-24(21(30)16-23(20)37-3)38-18-9-13-29(2,14-10-18)27(35)36/h4-5,15-16,18-19,22H,6-14,17H2,1-3H3,(H,31,33)(H,32,34)(H,35,36)/t18?,19-,22+,29?/m0/s1. The van der Waals surface area contributed by atoms with Crippen molar-refractivity contribution in [1.29, 1.82) is 0 Å². The van der Waals surface area contributed by atoms with Crippen LogP contribution in [0.5, 0.6) is 11.5 Å². The van der Waals surface area contributed by atoms with Crippen molar-refractivity contribution >= 4 is 17.8 Å². The Labute approximate surface area is 223 Å². The van der Waals surface area contributed by atoms with Gasteiger partial charge in [-0.1, -0.05) is 25.5 Å². The molecule has 9 heteroatoms. The molecule has 0 unspecified atom stereocenters. The third-order valence-electron chi connectivity index (χ3n) is 8.68. The average Bonchev–Trinajstić information content (AvgIpc) is 2.88. The van der Waals surface area contributed by atoms with Crippen LogP contribution in [-0.2, 0) is 9.59 Å². The summed E-state index contributed by atoms with van der Waals surface area (Å²) in [4.78, 5) is 37.9. The summed E-state index contributed by atoms with van der Waals surface area (Å²) in [6, 6.07) is 2.05. The molecule has 2 fully saturated rings. The molecule has 0 aliphatic heterocycles. The minimum absolute atomic E-state index is 0.0692. The van der Waals surface area contributed by atoms with Crippen LogP contribution in [0.1, 0.15) is 82.0 Å². The Morgan fingerprint density at radius 1 is 1.05 bits per heavy atom. The lowest BCUT2D eigenvalue weighted by molar-refractivity contribution is -0.150. The van der Waals surface area contributed by atoms with E-state index in [9.17, 15) is 23.9 Å². The molecule has 3 N–H and O–H groups in total. The lowest BCUT2D eigenvalue weighted by Crippen LogP contribution is -2.49. The van der Waals surface area contributed by atoms with Crippen molar-refractivity contribution in [2.75, 3.05) is 13.7 Å². The highest BCUT2D eigenvalue weighted by Gasteiger charge is 2.39. The van der Waals surface area contributed by atoms with Crippen LogP contribution in [-0.4, -0.2) is 48.7 Å². The fourth-order valence-electron chi connectivity index (χ4n) is 5.61. The zero-order valence-electron chi connectivity index (χ0n) is 22.5. The number of halogens is 1. The summed E-state index contributed by atoms with van der Waals surface area (Å²) in [5.74, 6) is -2.46.